The van der Waals surface area contributed by atoms with Gasteiger partial charge in [0.2, 0.25) is 17.7 Å². The van der Waals surface area contributed by atoms with Gasteiger partial charge in [-0.1, -0.05) is 55.2 Å². The number of benzene rings is 2. The lowest BCUT2D eigenvalue weighted by molar-refractivity contribution is -0.133. The fourth-order valence-electron chi connectivity index (χ4n) is 6.23. The van der Waals surface area contributed by atoms with Crippen LogP contribution in [-0.2, 0) is 11.4 Å². The Hall–Kier alpha value is -2.41. The Bertz CT molecular complexity index is 1240. The normalized spacial score (nSPS) is 30.8. The van der Waals surface area contributed by atoms with Gasteiger partial charge in [0.25, 0.3) is 0 Å². The van der Waals surface area contributed by atoms with Gasteiger partial charge < -0.3 is 14.8 Å². The van der Waals surface area contributed by atoms with Crippen LogP contribution in [0.4, 0.5) is 0 Å². The summed E-state index contributed by atoms with van der Waals surface area (Å²) in [5, 5.41) is 21.6. The molecular formula is C26H27Cl2N3O3. The third-order valence-electron chi connectivity index (χ3n) is 8.42. The molecule has 6 nitrogen and oxygen atoms in total. The van der Waals surface area contributed by atoms with Crippen molar-refractivity contribution < 1.29 is 14.3 Å². The van der Waals surface area contributed by atoms with Crippen LogP contribution in [-0.4, -0.2) is 27.3 Å². The first-order valence-corrected chi connectivity index (χ1v) is 12.2. The molecule has 5 atom stereocenters. The number of hydrogen-bond acceptors (Lipinski definition) is 5. The van der Waals surface area contributed by atoms with Crippen molar-refractivity contribution >= 4 is 29.1 Å². The number of aliphatic hydroxyl groups is 1. The second-order valence-corrected chi connectivity index (χ2v) is 10.7. The minimum absolute atomic E-state index is 0.00169. The molecule has 2 N–H and O–H groups in total. The van der Waals surface area contributed by atoms with Crippen LogP contribution in [0.5, 0.6) is 0 Å². The van der Waals surface area contributed by atoms with E-state index >= 15 is 0 Å². The second kappa shape index (κ2) is 8.36. The van der Waals surface area contributed by atoms with Gasteiger partial charge in [-0.15, -0.1) is 10.2 Å². The number of rotatable bonds is 4. The fraction of sp³-hybridized carbons (Fsp3) is 0.423. The molecule has 0 radical (unpaired) electrons. The maximum absolute atomic E-state index is 13.1. The van der Waals surface area contributed by atoms with Crippen LogP contribution in [0.3, 0.4) is 0 Å². The van der Waals surface area contributed by atoms with Gasteiger partial charge in [-0.2, -0.15) is 0 Å². The van der Waals surface area contributed by atoms with E-state index in [0.717, 1.165) is 24.0 Å². The van der Waals surface area contributed by atoms with Gasteiger partial charge in [0.05, 0.1) is 5.41 Å². The van der Waals surface area contributed by atoms with E-state index in [2.05, 4.69) is 48.4 Å². The summed E-state index contributed by atoms with van der Waals surface area (Å²) in [6.07, 6.45) is 1.60. The Morgan fingerprint density at radius 1 is 1.15 bits per heavy atom. The lowest BCUT2D eigenvalue weighted by atomic mass is 9.47. The molecule has 1 saturated heterocycles. The Kier molecular flexibility index (Phi) is 5.74. The van der Waals surface area contributed by atoms with Crippen molar-refractivity contribution in [2.75, 3.05) is 0 Å². The van der Waals surface area contributed by atoms with Crippen LogP contribution < -0.4 is 5.32 Å². The topological polar surface area (TPSA) is 88.2 Å². The first-order chi connectivity index (χ1) is 16.2. The van der Waals surface area contributed by atoms with E-state index in [4.69, 9.17) is 27.6 Å². The monoisotopic (exact) mass is 499 g/mol. The van der Waals surface area contributed by atoms with E-state index in [1.807, 2.05) is 30.3 Å². The molecule has 5 rings (SSSR count). The highest BCUT2D eigenvalue weighted by Crippen LogP contribution is 2.66. The maximum atomic E-state index is 13.1. The van der Waals surface area contributed by atoms with Crippen molar-refractivity contribution in [2.45, 2.75) is 58.1 Å². The largest absolute Gasteiger partial charge is 0.418 e. The number of amides is 1. The quantitative estimate of drug-likeness (QED) is 0.478. The van der Waals surface area contributed by atoms with Crippen LogP contribution >= 0.6 is 23.2 Å². The van der Waals surface area contributed by atoms with Crippen molar-refractivity contribution in [2.24, 2.45) is 10.8 Å². The molecule has 1 aliphatic carbocycles. The zero-order chi connectivity index (χ0) is 24.3. The lowest BCUT2D eigenvalue weighted by Crippen LogP contribution is -2.51. The summed E-state index contributed by atoms with van der Waals surface area (Å²) in [7, 11) is 0. The van der Waals surface area contributed by atoms with E-state index < -0.39 is 5.41 Å². The third kappa shape index (κ3) is 3.38. The van der Waals surface area contributed by atoms with Crippen LogP contribution in [0.25, 0.3) is 11.5 Å². The maximum Gasteiger partial charge on any atom is 0.247 e. The van der Waals surface area contributed by atoms with E-state index in [1.54, 1.807) is 0 Å². The number of fused-ring (bicyclic) bond motifs is 1. The highest BCUT2D eigenvalue weighted by Gasteiger charge is 2.65. The molecule has 0 bridgehead atoms. The minimum atomic E-state index is -0.482. The third-order valence-corrected chi connectivity index (χ3v) is 9.00. The second-order valence-electron chi connectivity index (χ2n) is 9.88. The fourth-order valence-corrected chi connectivity index (χ4v) is 6.68. The number of nitrogens with one attached hydrogen (secondary N) is 1. The van der Waals surface area contributed by atoms with E-state index in [-0.39, 0.29) is 41.7 Å². The molecule has 8 heteroatoms. The van der Waals surface area contributed by atoms with Crippen molar-refractivity contribution in [3.63, 3.8) is 0 Å². The minimum Gasteiger partial charge on any atom is -0.418 e. The zero-order valence-electron chi connectivity index (χ0n) is 19.3. The smallest absolute Gasteiger partial charge is 0.247 e. The zero-order valence-corrected chi connectivity index (χ0v) is 20.8. The van der Waals surface area contributed by atoms with Gasteiger partial charge in [-0.05, 0) is 67.0 Å². The highest BCUT2D eigenvalue weighted by molar-refractivity contribution is 6.31. The van der Waals surface area contributed by atoms with Crippen LogP contribution in [0.15, 0.2) is 46.9 Å². The van der Waals surface area contributed by atoms with E-state index in [1.165, 1.54) is 0 Å². The standard InChI is InChI=1S/C26H27Cl2N3O3/c1-14-26(3)22(15-4-7-17(27)8-5-15)19(10-11-25(26,2)24(33)29-14)18-9-6-16(12-20(18)28)23-31-30-21(13-32)34-23/h4-9,12,14,19,22,32H,10-11,13H2,1-3H3,(H,29,33)/t14-,19+,22+,25+,26+/m1/s1. The van der Waals surface area contributed by atoms with Crippen molar-refractivity contribution in [1.82, 2.24) is 15.5 Å². The SMILES string of the molecule is C[C@H]1NC(=O)[C@]2(C)CC[C@@H](c3ccc(-c4nnc(CO)o4)cc3Cl)[C@H](c3ccc(Cl)cc3)[C@]12C. The summed E-state index contributed by atoms with van der Waals surface area (Å²) in [6, 6.07) is 13.8. The number of nitrogens with zero attached hydrogens (tertiary/aromatic N) is 2. The molecule has 34 heavy (non-hydrogen) atoms. The molecule has 0 unspecified atom stereocenters. The Morgan fingerprint density at radius 3 is 2.53 bits per heavy atom. The molecule has 2 aliphatic rings. The summed E-state index contributed by atoms with van der Waals surface area (Å²) in [5.41, 5.74) is 2.06. The molecule has 1 aromatic heterocycles. The molecule has 1 amide bonds. The predicted molar refractivity (Wildman–Crippen MR) is 131 cm³/mol. The highest BCUT2D eigenvalue weighted by atomic mass is 35.5. The molecule has 1 aliphatic heterocycles. The number of carbonyl (C=O) groups excluding carboxylic acids is 1. The molecule has 0 spiro atoms. The van der Waals surface area contributed by atoms with Gasteiger partial charge in [-0.25, -0.2) is 0 Å². The molecule has 178 valence electrons. The molecule has 2 fully saturated rings. The number of hydrogen-bond donors (Lipinski definition) is 2. The van der Waals surface area contributed by atoms with Crippen LogP contribution in [0.2, 0.25) is 10.0 Å². The van der Waals surface area contributed by atoms with Crippen LogP contribution in [0.1, 0.15) is 62.5 Å². The molecular weight excluding hydrogens is 473 g/mol. The van der Waals surface area contributed by atoms with Crippen molar-refractivity contribution in [1.29, 1.82) is 0 Å². The van der Waals surface area contributed by atoms with Crippen LogP contribution in [0, 0.1) is 10.8 Å². The van der Waals surface area contributed by atoms with Gasteiger partial charge in [0.1, 0.15) is 6.61 Å². The first kappa shape index (κ1) is 23.3. The van der Waals surface area contributed by atoms with Crippen molar-refractivity contribution in [3.05, 3.63) is 69.5 Å². The van der Waals surface area contributed by atoms with Gasteiger partial charge in [-0.3, -0.25) is 4.79 Å². The molecule has 2 aromatic carbocycles. The molecule has 1 saturated carbocycles. The number of halogens is 2. The summed E-state index contributed by atoms with van der Waals surface area (Å²) in [6.45, 7) is 6.13. The Labute approximate surface area is 208 Å². The van der Waals surface area contributed by atoms with Gasteiger partial charge in [0, 0.05) is 27.1 Å². The predicted octanol–water partition coefficient (Wildman–Crippen LogP) is 5.73. The van der Waals surface area contributed by atoms with E-state index in [0.29, 0.717) is 21.5 Å². The Morgan fingerprint density at radius 2 is 1.88 bits per heavy atom. The lowest BCUT2D eigenvalue weighted by Gasteiger charge is -2.54. The summed E-state index contributed by atoms with van der Waals surface area (Å²) in [4.78, 5) is 13.1. The molecule has 3 aromatic rings. The first-order valence-electron chi connectivity index (χ1n) is 11.5. The Balaban J connectivity index is 1.61. The molecule has 2 heterocycles. The van der Waals surface area contributed by atoms with Gasteiger partial charge >= 0.3 is 0 Å². The van der Waals surface area contributed by atoms with E-state index in [9.17, 15) is 9.90 Å². The average Bonchev–Trinajstić information content (AvgIpc) is 3.37. The summed E-state index contributed by atoms with van der Waals surface area (Å²) < 4.78 is 5.48. The number of aliphatic hydroxyl groups excluding tert-OH is 1. The van der Waals surface area contributed by atoms with Gasteiger partial charge in [0.15, 0.2) is 0 Å². The number of carbonyl (C=O) groups is 1. The average molecular weight is 500 g/mol. The summed E-state index contributed by atoms with van der Waals surface area (Å²) in [5.74, 6) is 0.744. The summed E-state index contributed by atoms with van der Waals surface area (Å²) >= 11 is 13.1. The van der Waals surface area contributed by atoms with Crippen molar-refractivity contribution in [3.8, 4) is 11.5 Å². The number of aromatic nitrogens is 2.